The lowest BCUT2D eigenvalue weighted by Gasteiger charge is -2.36. The molecule has 1 saturated carbocycles. The Labute approximate surface area is 227 Å². The molecule has 0 N–H and O–H groups in total. The number of aromatic nitrogens is 2. The number of fused-ring (bicyclic) bond motifs is 1. The maximum absolute atomic E-state index is 13.9. The highest BCUT2D eigenvalue weighted by molar-refractivity contribution is 5.96. The number of carbonyl (C=O) groups excluding carboxylic acids is 2. The van der Waals surface area contributed by atoms with Crippen molar-refractivity contribution >= 4 is 17.6 Å². The third kappa shape index (κ3) is 6.07. The Morgan fingerprint density at radius 1 is 1.08 bits per heavy atom. The summed E-state index contributed by atoms with van der Waals surface area (Å²) in [6.07, 6.45) is 9.55. The van der Waals surface area contributed by atoms with Crippen LogP contribution in [0.25, 0.3) is 5.57 Å². The molecule has 9 heteroatoms. The fraction of sp³-hybridized carbons (Fsp3) is 0.500. The third-order valence-corrected chi connectivity index (χ3v) is 7.41. The van der Waals surface area contributed by atoms with Gasteiger partial charge in [0.1, 0.15) is 11.4 Å². The maximum Gasteiger partial charge on any atom is 0.435 e. The predicted molar refractivity (Wildman–Crippen MR) is 142 cm³/mol. The van der Waals surface area contributed by atoms with Crippen molar-refractivity contribution in [2.24, 2.45) is 5.92 Å². The first-order chi connectivity index (χ1) is 18.5. The minimum absolute atomic E-state index is 0.0208. The molecule has 0 bridgehead atoms. The Morgan fingerprint density at radius 3 is 2.49 bits per heavy atom. The van der Waals surface area contributed by atoms with Gasteiger partial charge < -0.3 is 14.4 Å². The number of hydrogen-bond donors (Lipinski definition) is 0. The molecule has 1 heterocycles. The molecule has 0 radical (unpaired) electrons. The van der Waals surface area contributed by atoms with Crippen molar-refractivity contribution in [3.05, 3.63) is 65.0 Å². The summed E-state index contributed by atoms with van der Waals surface area (Å²) >= 11 is 0. The van der Waals surface area contributed by atoms with E-state index < -0.39 is 18.3 Å². The number of benzene rings is 1. The highest BCUT2D eigenvalue weighted by atomic mass is 19.3. The first kappa shape index (κ1) is 27.1. The van der Waals surface area contributed by atoms with Gasteiger partial charge in [0.15, 0.2) is 0 Å². The molecule has 1 aromatic heterocycles. The maximum atomic E-state index is 13.9. The zero-order chi connectivity index (χ0) is 27.9. The van der Waals surface area contributed by atoms with Crippen molar-refractivity contribution in [2.45, 2.75) is 90.5 Å². The molecule has 1 aromatic carbocycles. The van der Waals surface area contributed by atoms with E-state index in [1.165, 1.54) is 10.7 Å². The summed E-state index contributed by atoms with van der Waals surface area (Å²) in [6.45, 7) is 4.55. The topological polar surface area (TPSA) is 73.7 Å². The zero-order valence-electron chi connectivity index (χ0n) is 22.8. The predicted octanol–water partition coefficient (Wildman–Crippen LogP) is 6.17. The molecule has 1 amide bonds. The second-order valence-corrected chi connectivity index (χ2v) is 11.7. The van der Waals surface area contributed by atoms with Gasteiger partial charge in [-0.2, -0.15) is 18.6 Å². The van der Waals surface area contributed by atoms with Crippen molar-refractivity contribution in [2.75, 3.05) is 0 Å². The summed E-state index contributed by atoms with van der Waals surface area (Å²) in [6, 6.07) is 7.00. The first-order valence-electron chi connectivity index (χ1n) is 13.6. The molecule has 5 rings (SSSR count). The quantitative estimate of drug-likeness (QED) is 0.439. The monoisotopic (exact) mass is 539 g/mol. The average molecular weight is 540 g/mol. The van der Waals surface area contributed by atoms with E-state index >= 15 is 0 Å². The standard InChI is InChI=1S/C30H35F2N3O4/c1-18-15-19(24-7-5-6-8-26(24)38-28(31)32)9-13-23(18)27(36)35(21-10-11-21)22-12-14-25-20(16-22)17-34(33-25)29(37)39-30(2,3)4/h5-9,13,17-18,21-22,28H,10-12,14-16H2,1-4H3. The normalized spacial score (nSPS) is 21.1. The largest absolute Gasteiger partial charge is 0.442 e. The fourth-order valence-electron chi connectivity index (χ4n) is 5.53. The number of aryl methyl sites for hydroxylation is 1. The Morgan fingerprint density at radius 2 is 1.82 bits per heavy atom. The van der Waals surface area contributed by atoms with E-state index in [0.717, 1.165) is 41.7 Å². The van der Waals surface area contributed by atoms with Crippen LogP contribution >= 0.6 is 0 Å². The molecule has 3 aliphatic rings. The molecular formula is C30H35F2N3O4. The first-order valence-corrected chi connectivity index (χ1v) is 13.6. The molecule has 0 spiro atoms. The van der Waals surface area contributed by atoms with Crippen LogP contribution in [0.15, 0.2) is 48.2 Å². The van der Waals surface area contributed by atoms with Gasteiger partial charge in [0.2, 0.25) is 0 Å². The fourth-order valence-corrected chi connectivity index (χ4v) is 5.53. The Hall–Kier alpha value is -3.49. The van der Waals surface area contributed by atoms with Crippen molar-refractivity contribution in [3.63, 3.8) is 0 Å². The van der Waals surface area contributed by atoms with Gasteiger partial charge in [0, 0.05) is 29.4 Å². The van der Waals surface area contributed by atoms with Gasteiger partial charge in [0.25, 0.3) is 5.91 Å². The van der Waals surface area contributed by atoms with Crippen LogP contribution in [-0.4, -0.2) is 51.0 Å². The Balaban J connectivity index is 1.35. The summed E-state index contributed by atoms with van der Waals surface area (Å²) in [5.74, 6) is 0.0940. The molecular weight excluding hydrogens is 504 g/mol. The summed E-state index contributed by atoms with van der Waals surface area (Å²) in [4.78, 5) is 28.5. The lowest BCUT2D eigenvalue weighted by molar-refractivity contribution is -0.130. The molecule has 7 nitrogen and oxygen atoms in total. The minimum Gasteiger partial charge on any atom is -0.442 e. The molecule has 39 heavy (non-hydrogen) atoms. The van der Waals surface area contributed by atoms with Gasteiger partial charge in [-0.3, -0.25) is 4.79 Å². The van der Waals surface area contributed by atoms with Gasteiger partial charge in [-0.15, -0.1) is 0 Å². The van der Waals surface area contributed by atoms with Crippen molar-refractivity contribution in [3.8, 4) is 5.75 Å². The SMILES string of the molecule is CC1CC(c2ccccc2OC(F)F)=CC=C1C(=O)N(C1CC1)C1CCc2nn(C(=O)OC(C)(C)C)cc2C1. The van der Waals surface area contributed by atoms with E-state index in [4.69, 9.17) is 9.47 Å². The number of nitrogens with zero attached hydrogens (tertiary/aromatic N) is 3. The third-order valence-electron chi connectivity index (χ3n) is 7.41. The van der Waals surface area contributed by atoms with Gasteiger partial charge in [0.05, 0.1) is 5.69 Å². The van der Waals surface area contributed by atoms with Gasteiger partial charge in [-0.25, -0.2) is 4.79 Å². The molecule has 2 atom stereocenters. The number of hydrogen-bond acceptors (Lipinski definition) is 5. The smallest absolute Gasteiger partial charge is 0.435 e. The van der Waals surface area contributed by atoms with Crippen LogP contribution in [0, 0.1) is 5.92 Å². The number of para-hydroxylation sites is 1. The van der Waals surface area contributed by atoms with E-state index in [1.807, 2.05) is 44.7 Å². The lowest BCUT2D eigenvalue weighted by atomic mass is 9.84. The van der Waals surface area contributed by atoms with E-state index in [-0.39, 0.29) is 29.7 Å². The molecule has 3 aliphatic carbocycles. The van der Waals surface area contributed by atoms with Crippen molar-refractivity contribution < 1.29 is 27.8 Å². The number of halogens is 2. The number of amides is 1. The number of ether oxygens (including phenoxy) is 2. The van der Waals surface area contributed by atoms with E-state index in [9.17, 15) is 18.4 Å². The summed E-state index contributed by atoms with van der Waals surface area (Å²) < 4.78 is 37.3. The number of carbonyl (C=O) groups is 2. The Bertz CT molecular complexity index is 1320. The minimum atomic E-state index is -2.90. The molecule has 1 fully saturated rings. The zero-order valence-corrected chi connectivity index (χ0v) is 22.8. The summed E-state index contributed by atoms with van der Waals surface area (Å²) in [5, 5.41) is 4.46. The molecule has 0 aliphatic heterocycles. The van der Waals surface area contributed by atoms with E-state index in [2.05, 4.69) is 5.10 Å². The van der Waals surface area contributed by atoms with Crippen LogP contribution < -0.4 is 4.74 Å². The number of alkyl halides is 2. The number of allylic oxidation sites excluding steroid dienone is 3. The highest BCUT2D eigenvalue weighted by Crippen LogP contribution is 2.40. The molecule has 208 valence electrons. The molecule has 2 aromatic rings. The van der Waals surface area contributed by atoms with Gasteiger partial charge >= 0.3 is 12.7 Å². The van der Waals surface area contributed by atoms with Crippen LogP contribution in [0.2, 0.25) is 0 Å². The Kier molecular flexibility index (Phi) is 7.35. The van der Waals surface area contributed by atoms with E-state index in [0.29, 0.717) is 24.8 Å². The van der Waals surface area contributed by atoms with Crippen molar-refractivity contribution in [1.29, 1.82) is 0 Å². The van der Waals surface area contributed by atoms with Crippen LogP contribution in [0.5, 0.6) is 5.75 Å². The van der Waals surface area contributed by atoms with Crippen LogP contribution in [-0.2, 0) is 22.4 Å². The second kappa shape index (κ2) is 10.6. The highest BCUT2D eigenvalue weighted by Gasteiger charge is 2.41. The lowest BCUT2D eigenvalue weighted by Crippen LogP contribution is -2.46. The van der Waals surface area contributed by atoms with Crippen LogP contribution in [0.4, 0.5) is 13.6 Å². The van der Waals surface area contributed by atoms with Crippen molar-refractivity contribution in [1.82, 2.24) is 14.7 Å². The van der Waals surface area contributed by atoms with E-state index in [1.54, 1.807) is 24.4 Å². The molecule has 2 unspecified atom stereocenters. The van der Waals surface area contributed by atoms with Gasteiger partial charge in [-0.1, -0.05) is 37.3 Å². The average Bonchev–Trinajstić information content (AvgIpc) is 3.59. The van der Waals surface area contributed by atoms with Crippen LogP contribution in [0.3, 0.4) is 0 Å². The number of rotatable bonds is 6. The second-order valence-electron chi connectivity index (χ2n) is 11.7. The molecule has 0 saturated heterocycles. The summed E-state index contributed by atoms with van der Waals surface area (Å²) in [5.41, 5.74) is 3.45. The van der Waals surface area contributed by atoms with Gasteiger partial charge in [-0.05, 0) is 82.4 Å². The summed E-state index contributed by atoms with van der Waals surface area (Å²) in [7, 11) is 0. The van der Waals surface area contributed by atoms with Crippen LogP contribution in [0.1, 0.15) is 70.2 Å².